The van der Waals surface area contributed by atoms with E-state index in [1.54, 1.807) is 30.3 Å². The van der Waals surface area contributed by atoms with Gasteiger partial charge in [-0.3, -0.25) is 9.59 Å². The minimum Gasteiger partial charge on any atom is -0.506 e. The van der Waals surface area contributed by atoms with E-state index in [1.165, 1.54) is 25.3 Å². The van der Waals surface area contributed by atoms with Crippen LogP contribution < -0.4 is 10.6 Å². The zero-order valence-electron chi connectivity index (χ0n) is 17.1. The van der Waals surface area contributed by atoms with E-state index in [4.69, 9.17) is 0 Å². The molecule has 6 rings (SSSR count). The Kier molecular flexibility index (Phi) is 4.76. The number of para-hydroxylation sites is 2. The molecule has 0 aliphatic heterocycles. The normalized spacial score (nSPS) is 28.9. The van der Waals surface area contributed by atoms with Crippen molar-refractivity contribution >= 4 is 17.5 Å². The minimum absolute atomic E-state index is 0.0369. The summed E-state index contributed by atoms with van der Waals surface area (Å²) >= 11 is 0. The lowest BCUT2D eigenvalue weighted by Gasteiger charge is -2.55. The van der Waals surface area contributed by atoms with Crippen molar-refractivity contribution in [2.45, 2.75) is 45.1 Å². The summed E-state index contributed by atoms with van der Waals surface area (Å²) in [7, 11) is 0. The number of nitrogens with one attached hydrogen (secondary N) is 2. The molecular formula is C25H28N2O3. The van der Waals surface area contributed by atoms with E-state index in [0.717, 1.165) is 42.6 Å². The highest BCUT2D eigenvalue weighted by molar-refractivity contribution is 6.05. The molecule has 4 aliphatic rings. The molecule has 0 unspecified atom stereocenters. The van der Waals surface area contributed by atoms with Crippen LogP contribution in [0.5, 0.6) is 5.75 Å². The van der Waals surface area contributed by atoms with Crippen molar-refractivity contribution in [1.82, 2.24) is 5.32 Å². The van der Waals surface area contributed by atoms with Crippen molar-refractivity contribution in [1.29, 1.82) is 0 Å². The Morgan fingerprint density at radius 1 is 0.900 bits per heavy atom. The van der Waals surface area contributed by atoms with E-state index in [-0.39, 0.29) is 23.0 Å². The average molecular weight is 405 g/mol. The van der Waals surface area contributed by atoms with Crippen molar-refractivity contribution in [2.24, 2.45) is 23.2 Å². The number of hydrogen-bond acceptors (Lipinski definition) is 3. The van der Waals surface area contributed by atoms with Crippen LogP contribution in [0.1, 0.15) is 54.4 Å². The molecule has 0 radical (unpaired) electrons. The maximum absolute atomic E-state index is 13.1. The number of rotatable bonds is 5. The van der Waals surface area contributed by atoms with Gasteiger partial charge in [0.1, 0.15) is 5.75 Å². The average Bonchev–Trinajstić information content (AvgIpc) is 2.73. The first-order valence-corrected chi connectivity index (χ1v) is 11.0. The highest BCUT2D eigenvalue weighted by Gasteiger charge is 2.54. The zero-order valence-corrected chi connectivity index (χ0v) is 17.1. The van der Waals surface area contributed by atoms with Crippen LogP contribution in [0.25, 0.3) is 0 Å². The van der Waals surface area contributed by atoms with E-state index in [2.05, 4.69) is 10.6 Å². The quantitative estimate of drug-likeness (QED) is 0.643. The standard InChI is InChI=1S/C25H28N2O3/c28-22-4-2-1-3-21(22)27-23(29)20-7-5-16(6-8-20)15-26-24(30)25-12-17-9-18(13-25)11-19(10-17)14-25/h1-8,17-19,28H,9-15H2,(H,26,30)(H,27,29). The van der Waals surface area contributed by atoms with Gasteiger partial charge in [-0.25, -0.2) is 0 Å². The second-order valence-corrected chi connectivity index (χ2v) is 9.55. The lowest BCUT2D eigenvalue weighted by molar-refractivity contribution is -0.146. The third-order valence-corrected chi connectivity index (χ3v) is 7.34. The predicted octanol–water partition coefficient (Wildman–Crippen LogP) is 4.48. The molecule has 2 amide bonds. The molecule has 3 N–H and O–H groups in total. The van der Waals surface area contributed by atoms with E-state index >= 15 is 0 Å². The summed E-state index contributed by atoms with van der Waals surface area (Å²) in [6.45, 7) is 0.488. The van der Waals surface area contributed by atoms with Gasteiger partial charge in [-0.2, -0.15) is 0 Å². The molecule has 0 heterocycles. The third-order valence-electron chi connectivity index (χ3n) is 7.34. The molecule has 5 heteroatoms. The van der Waals surface area contributed by atoms with Crippen LogP contribution in [0.4, 0.5) is 5.69 Å². The molecule has 4 fully saturated rings. The maximum Gasteiger partial charge on any atom is 0.255 e. The smallest absolute Gasteiger partial charge is 0.255 e. The highest BCUT2D eigenvalue weighted by Crippen LogP contribution is 2.60. The fraction of sp³-hybridized carbons (Fsp3) is 0.440. The number of benzene rings is 2. The molecule has 2 aromatic rings. The number of anilines is 1. The second-order valence-electron chi connectivity index (χ2n) is 9.55. The van der Waals surface area contributed by atoms with Crippen LogP contribution >= 0.6 is 0 Å². The Balaban J connectivity index is 1.19. The van der Waals surface area contributed by atoms with E-state index in [1.807, 2.05) is 12.1 Å². The molecule has 5 nitrogen and oxygen atoms in total. The summed E-state index contributed by atoms with van der Waals surface area (Å²) in [6, 6.07) is 13.9. The van der Waals surface area contributed by atoms with Crippen LogP contribution in [-0.4, -0.2) is 16.9 Å². The number of hydrogen-bond donors (Lipinski definition) is 3. The predicted molar refractivity (Wildman–Crippen MR) is 115 cm³/mol. The molecule has 2 aromatic carbocycles. The fourth-order valence-corrected chi connectivity index (χ4v) is 6.31. The minimum atomic E-state index is -0.277. The van der Waals surface area contributed by atoms with Crippen molar-refractivity contribution in [3.05, 3.63) is 59.7 Å². The lowest BCUT2D eigenvalue weighted by Crippen LogP contribution is -2.53. The summed E-state index contributed by atoms with van der Waals surface area (Å²) < 4.78 is 0. The van der Waals surface area contributed by atoms with Gasteiger partial charge in [-0.1, -0.05) is 24.3 Å². The Labute approximate surface area is 176 Å². The first kappa shape index (κ1) is 19.2. The number of phenolic OH excluding ortho intramolecular Hbond substituents is 1. The van der Waals surface area contributed by atoms with Gasteiger partial charge >= 0.3 is 0 Å². The molecule has 30 heavy (non-hydrogen) atoms. The van der Waals surface area contributed by atoms with Crippen LogP contribution in [0.2, 0.25) is 0 Å². The lowest BCUT2D eigenvalue weighted by atomic mass is 9.49. The molecule has 0 spiro atoms. The van der Waals surface area contributed by atoms with E-state index in [9.17, 15) is 14.7 Å². The van der Waals surface area contributed by atoms with Gasteiger partial charge in [0, 0.05) is 17.5 Å². The number of carbonyl (C=O) groups excluding carboxylic acids is 2. The van der Waals surface area contributed by atoms with Gasteiger partial charge in [0.15, 0.2) is 0 Å². The Bertz CT molecular complexity index is 931. The van der Waals surface area contributed by atoms with Crippen LogP contribution in [0, 0.1) is 23.2 Å². The van der Waals surface area contributed by atoms with E-state index in [0.29, 0.717) is 17.8 Å². The number of amides is 2. The second kappa shape index (κ2) is 7.46. The molecular weight excluding hydrogens is 376 g/mol. The molecule has 4 saturated carbocycles. The number of carbonyl (C=O) groups is 2. The SMILES string of the molecule is O=C(Nc1ccccc1O)c1ccc(CNC(=O)C23CC4CC(CC(C4)C2)C3)cc1. The Morgan fingerprint density at radius 2 is 1.50 bits per heavy atom. The molecule has 156 valence electrons. The van der Waals surface area contributed by atoms with Crippen LogP contribution in [0.15, 0.2) is 48.5 Å². The van der Waals surface area contributed by atoms with Crippen molar-refractivity contribution in [2.75, 3.05) is 5.32 Å². The Hall–Kier alpha value is -2.82. The summed E-state index contributed by atoms with van der Waals surface area (Å²) in [5, 5.41) is 15.7. The van der Waals surface area contributed by atoms with Gasteiger partial charge < -0.3 is 15.7 Å². The number of phenols is 1. The van der Waals surface area contributed by atoms with Crippen LogP contribution in [-0.2, 0) is 11.3 Å². The van der Waals surface area contributed by atoms with Gasteiger partial charge in [0.2, 0.25) is 5.91 Å². The maximum atomic E-state index is 13.1. The van der Waals surface area contributed by atoms with Crippen molar-refractivity contribution < 1.29 is 14.7 Å². The van der Waals surface area contributed by atoms with Gasteiger partial charge in [-0.15, -0.1) is 0 Å². The molecule has 0 atom stereocenters. The fourth-order valence-electron chi connectivity index (χ4n) is 6.31. The summed E-state index contributed by atoms with van der Waals surface area (Å²) in [5.74, 6) is 2.25. The van der Waals surface area contributed by atoms with Crippen molar-refractivity contribution in [3.63, 3.8) is 0 Å². The van der Waals surface area contributed by atoms with Crippen LogP contribution in [0.3, 0.4) is 0 Å². The van der Waals surface area contributed by atoms with Gasteiger partial charge in [-0.05, 0) is 86.1 Å². The summed E-state index contributed by atoms with van der Waals surface area (Å²) in [4.78, 5) is 25.5. The molecule has 4 aliphatic carbocycles. The third kappa shape index (κ3) is 3.57. The Morgan fingerprint density at radius 3 is 2.10 bits per heavy atom. The van der Waals surface area contributed by atoms with Crippen molar-refractivity contribution in [3.8, 4) is 5.75 Å². The monoisotopic (exact) mass is 404 g/mol. The first-order chi connectivity index (χ1) is 14.5. The van der Waals surface area contributed by atoms with Gasteiger partial charge in [0.05, 0.1) is 5.69 Å². The molecule has 0 aromatic heterocycles. The number of aromatic hydroxyl groups is 1. The first-order valence-electron chi connectivity index (χ1n) is 11.0. The molecule has 0 saturated heterocycles. The topological polar surface area (TPSA) is 78.4 Å². The summed E-state index contributed by atoms with van der Waals surface area (Å²) in [6.07, 6.45) is 7.19. The zero-order chi connectivity index (χ0) is 20.7. The largest absolute Gasteiger partial charge is 0.506 e. The summed E-state index contributed by atoms with van der Waals surface area (Å²) in [5.41, 5.74) is 1.74. The van der Waals surface area contributed by atoms with Gasteiger partial charge in [0.25, 0.3) is 5.91 Å². The molecule has 4 bridgehead atoms. The highest BCUT2D eigenvalue weighted by atomic mass is 16.3. The van der Waals surface area contributed by atoms with E-state index < -0.39 is 0 Å².